The Bertz CT molecular complexity index is 324. The molecular formula is C8H11N3OS. The molecule has 0 aliphatic carbocycles. The Kier molecular flexibility index (Phi) is 3.02. The minimum atomic E-state index is 0.0163. The maximum absolute atomic E-state index is 9.18. The largest absolute Gasteiger partial charge is 0.492 e. The van der Waals surface area contributed by atoms with Gasteiger partial charge in [0, 0.05) is 7.05 Å². The predicted molar refractivity (Wildman–Crippen MR) is 53.5 cm³/mol. The molecule has 1 aromatic heterocycles. The van der Waals surface area contributed by atoms with Crippen LogP contribution in [-0.4, -0.2) is 22.8 Å². The highest BCUT2D eigenvalue weighted by Gasteiger charge is 2.07. The fraction of sp³-hybridized carbons (Fsp3) is 0.250. The Hall–Kier alpha value is -1.36. The van der Waals surface area contributed by atoms with E-state index in [4.69, 9.17) is 5.41 Å². The number of thiazole rings is 1. The normalized spacial score (nSPS) is 10.6. The zero-order valence-electron chi connectivity index (χ0n) is 7.46. The second-order valence-corrected chi connectivity index (χ2v) is 3.64. The minimum absolute atomic E-state index is 0.0163. The van der Waals surface area contributed by atoms with Gasteiger partial charge in [-0.15, -0.1) is 11.3 Å². The molecule has 0 spiro atoms. The van der Waals surface area contributed by atoms with Gasteiger partial charge in [-0.2, -0.15) is 4.98 Å². The summed E-state index contributed by atoms with van der Waals surface area (Å²) >= 11 is 1.31. The summed E-state index contributed by atoms with van der Waals surface area (Å²) in [7, 11) is 1.76. The van der Waals surface area contributed by atoms with E-state index in [2.05, 4.69) is 10.3 Å². The third kappa shape index (κ3) is 2.29. The zero-order chi connectivity index (χ0) is 9.84. The van der Waals surface area contributed by atoms with Crippen molar-refractivity contribution in [3.8, 4) is 5.88 Å². The Balaban J connectivity index is 2.83. The lowest BCUT2D eigenvalue weighted by atomic mass is 10.4. The standard InChI is InChI=1S/C8H11N3OS/c1-5-7(12)11-8(13-5)6(9)3-4-10-2/h3-4,9-10,12H,1-2H3/b4-3-,9-6?. The molecule has 0 aliphatic heterocycles. The second-order valence-electron chi connectivity index (χ2n) is 2.43. The van der Waals surface area contributed by atoms with Crippen LogP contribution >= 0.6 is 11.3 Å². The smallest absolute Gasteiger partial charge is 0.225 e. The van der Waals surface area contributed by atoms with Crippen molar-refractivity contribution in [2.75, 3.05) is 7.05 Å². The summed E-state index contributed by atoms with van der Waals surface area (Å²) < 4.78 is 0. The number of hydrogen-bond acceptors (Lipinski definition) is 5. The topological polar surface area (TPSA) is 69.0 Å². The molecule has 0 aromatic carbocycles. The maximum Gasteiger partial charge on any atom is 0.225 e. The van der Waals surface area contributed by atoms with Gasteiger partial charge in [-0.25, -0.2) is 0 Å². The lowest BCUT2D eigenvalue weighted by molar-refractivity contribution is 0.453. The highest BCUT2D eigenvalue weighted by atomic mass is 32.1. The summed E-state index contributed by atoms with van der Waals surface area (Å²) in [6.07, 6.45) is 3.24. The maximum atomic E-state index is 9.18. The number of rotatable bonds is 3. The van der Waals surface area contributed by atoms with E-state index in [1.165, 1.54) is 11.3 Å². The van der Waals surface area contributed by atoms with Gasteiger partial charge in [0.05, 0.1) is 10.6 Å². The molecule has 0 aliphatic rings. The fourth-order valence-corrected chi connectivity index (χ4v) is 1.48. The lowest BCUT2D eigenvalue weighted by Crippen LogP contribution is -1.97. The predicted octanol–water partition coefficient (Wildman–Crippen LogP) is 1.26. The van der Waals surface area contributed by atoms with E-state index in [-0.39, 0.29) is 5.88 Å². The molecule has 0 atom stereocenters. The molecule has 0 amide bonds. The van der Waals surface area contributed by atoms with E-state index >= 15 is 0 Å². The van der Waals surface area contributed by atoms with Crippen LogP contribution in [-0.2, 0) is 0 Å². The molecule has 1 heterocycles. The van der Waals surface area contributed by atoms with Crippen molar-refractivity contribution in [2.45, 2.75) is 6.92 Å². The van der Waals surface area contributed by atoms with Crippen LogP contribution in [0.3, 0.4) is 0 Å². The summed E-state index contributed by atoms with van der Waals surface area (Å²) in [5.41, 5.74) is 0.294. The van der Waals surface area contributed by atoms with Crippen LogP contribution < -0.4 is 5.32 Å². The van der Waals surface area contributed by atoms with Crippen molar-refractivity contribution < 1.29 is 5.11 Å². The van der Waals surface area contributed by atoms with Gasteiger partial charge in [0.1, 0.15) is 5.01 Å². The van der Waals surface area contributed by atoms with Crippen molar-refractivity contribution in [1.29, 1.82) is 5.41 Å². The van der Waals surface area contributed by atoms with Crippen LogP contribution in [0.25, 0.3) is 0 Å². The van der Waals surface area contributed by atoms with Crippen molar-refractivity contribution in [3.63, 3.8) is 0 Å². The summed E-state index contributed by atoms with van der Waals surface area (Å²) in [5, 5.41) is 20.0. The monoisotopic (exact) mass is 197 g/mol. The van der Waals surface area contributed by atoms with Crippen molar-refractivity contribution >= 4 is 17.0 Å². The first-order chi connectivity index (χ1) is 6.15. The molecule has 5 heteroatoms. The number of aromatic nitrogens is 1. The van der Waals surface area contributed by atoms with E-state index in [1.807, 2.05) is 0 Å². The molecule has 0 fully saturated rings. The molecule has 0 saturated carbocycles. The quantitative estimate of drug-likeness (QED) is 0.639. The van der Waals surface area contributed by atoms with Gasteiger partial charge in [-0.3, -0.25) is 5.41 Å². The van der Waals surface area contributed by atoms with Gasteiger partial charge in [-0.05, 0) is 19.2 Å². The molecule has 4 nitrogen and oxygen atoms in total. The number of aromatic hydroxyl groups is 1. The van der Waals surface area contributed by atoms with Crippen LogP contribution in [0, 0.1) is 12.3 Å². The van der Waals surface area contributed by atoms with Gasteiger partial charge < -0.3 is 10.4 Å². The van der Waals surface area contributed by atoms with E-state index in [9.17, 15) is 5.11 Å². The van der Waals surface area contributed by atoms with E-state index < -0.39 is 0 Å². The molecule has 0 saturated heterocycles. The van der Waals surface area contributed by atoms with Crippen LogP contribution in [0.15, 0.2) is 12.3 Å². The van der Waals surface area contributed by atoms with Crippen molar-refractivity contribution in [2.24, 2.45) is 0 Å². The molecular weight excluding hydrogens is 186 g/mol. The number of hydrogen-bond donors (Lipinski definition) is 3. The first-order valence-electron chi connectivity index (χ1n) is 3.74. The van der Waals surface area contributed by atoms with Crippen molar-refractivity contribution in [3.05, 3.63) is 22.2 Å². The second kappa shape index (κ2) is 4.04. The van der Waals surface area contributed by atoms with E-state index in [0.29, 0.717) is 10.7 Å². The summed E-state index contributed by atoms with van der Waals surface area (Å²) in [6.45, 7) is 1.77. The van der Waals surface area contributed by atoms with Gasteiger partial charge in [0.25, 0.3) is 0 Å². The molecule has 70 valence electrons. The molecule has 3 N–H and O–H groups in total. The number of nitrogens with one attached hydrogen (secondary N) is 2. The minimum Gasteiger partial charge on any atom is -0.492 e. The van der Waals surface area contributed by atoms with Gasteiger partial charge >= 0.3 is 0 Å². The third-order valence-corrected chi connectivity index (χ3v) is 2.41. The molecule has 1 aromatic rings. The Morgan fingerprint density at radius 1 is 1.69 bits per heavy atom. The number of aryl methyl sites for hydroxylation is 1. The molecule has 0 radical (unpaired) electrons. The van der Waals surface area contributed by atoms with Crippen LogP contribution in [0.4, 0.5) is 0 Å². The van der Waals surface area contributed by atoms with Gasteiger partial charge in [-0.1, -0.05) is 0 Å². The fourth-order valence-electron chi connectivity index (χ4n) is 0.742. The molecule has 0 unspecified atom stereocenters. The first-order valence-corrected chi connectivity index (χ1v) is 4.56. The van der Waals surface area contributed by atoms with Crippen molar-refractivity contribution in [1.82, 2.24) is 10.3 Å². The van der Waals surface area contributed by atoms with Gasteiger partial charge in [0.2, 0.25) is 5.88 Å². The molecule has 0 bridgehead atoms. The van der Waals surface area contributed by atoms with E-state index in [1.54, 1.807) is 26.2 Å². The summed E-state index contributed by atoms with van der Waals surface area (Å²) in [5.74, 6) is 0.0163. The average Bonchev–Trinajstić information content (AvgIpc) is 2.43. The van der Waals surface area contributed by atoms with Crippen LogP contribution in [0.1, 0.15) is 9.88 Å². The first kappa shape index (κ1) is 9.73. The number of nitrogens with zero attached hydrogens (tertiary/aromatic N) is 1. The third-order valence-electron chi connectivity index (χ3n) is 1.42. The van der Waals surface area contributed by atoms with Gasteiger partial charge in [0.15, 0.2) is 0 Å². The van der Waals surface area contributed by atoms with Crippen LogP contribution in [0.2, 0.25) is 0 Å². The highest BCUT2D eigenvalue weighted by molar-refractivity contribution is 7.14. The number of allylic oxidation sites excluding steroid dienone is 1. The Labute approximate surface area is 80.5 Å². The molecule has 13 heavy (non-hydrogen) atoms. The SMILES string of the molecule is CN/C=C\C(=N)c1nc(O)c(C)s1. The average molecular weight is 197 g/mol. The molecule has 1 rings (SSSR count). The summed E-state index contributed by atoms with van der Waals surface area (Å²) in [4.78, 5) is 4.57. The highest BCUT2D eigenvalue weighted by Crippen LogP contribution is 2.22. The Morgan fingerprint density at radius 3 is 2.85 bits per heavy atom. The lowest BCUT2D eigenvalue weighted by Gasteiger charge is -1.89. The zero-order valence-corrected chi connectivity index (χ0v) is 8.27. The van der Waals surface area contributed by atoms with Crippen LogP contribution in [0.5, 0.6) is 5.88 Å². The summed E-state index contributed by atoms with van der Waals surface area (Å²) in [6, 6.07) is 0. The Morgan fingerprint density at radius 2 is 2.38 bits per heavy atom. The van der Waals surface area contributed by atoms with E-state index in [0.717, 1.165) is 4.88 Å².